The lowest BCUT2D eigenvalue weighted by molar-refractivity contribution is 0.260. The Hall–Kier alpha value is -3.98. The number of hydrogen-bond donors (Lipinski definition) is 2. The van der Waals surface area contributed by atoms with E-state index < -0.39 is 0 Å². The predicted molar refractivity (Wildman–Crippen MR) is 181 cm³/mol. The van der Waals surface area contributed by atoms with Crippen LogP contribution in [0, 0.1) is 5.92 Å². The molecule has 0 unspecified atom stereocenters. The number of benzene rings is 2. The van der Waals surface area contributed by atoms with Gasteiger partial charge in [0.1, 0.15) is 11.3 Å². The van der Waals surface area contributed by atoms with Crippen LogP contribution in [0.1, 0.15) is 44.1 Å². The minimum atomic E-state index is 0.452. The van der Waals surface area contributed by atoms with Crippen LogP contribution in [0.25, 0.3) is 39.5 Å². The summed E-state index contributed by atoms with van der Waals surface area (Å²) in [5, 5.41) is 6.40. The first-order chi connectivity index (χ1) is 21.1. The fourth-order valence-electron chi connectivity index (χ4n) is 5.78. The monoisotopic (exact) mass is 591 g/mol. The van der Waals surface area contributed by atoms with E-state index in [1.165, 1.54) is 44.1 Å². The van der Waals surface area contributed by atoms with Gasteiger partial charge in [-0.1, -0.05) is 93.1 Å². The molecular formula is C35H41N7S. The van der Waals surface area contributed by atoms with Crippen LogP contribution in [0.5, 0.6) is 0 Å². The third-order valence-electron chi connectivity index (χ3n) is 8.04. The zero-order chi connectivity index (χ0) is 30.0. The zero-order valence-corrected chi connectivity index (χ0v) is 25.7. The number of rotatable bonds is 9. The summed E-state index contributed by atoms with van der Waals surface area (Å²) in [6.07, 6.45) is 10.1. The molecule has 43 heavy (non-hydrogen) atoms. The van der Waals surface area contributed by atoms with E-state index in [-0.39, 0.29) is 0 Å². The van der Waals surface area contributed by atoms with Gasteiger partial charge in [-0.3, -0.25) is 9.71 Å². The molecule has 0 bridgehead atoms. The molecule has 1 fully saturated rings. The molecule has 0 spiro atoms. The number of imidazole rings is 1. The lowest BCUT2D eigenvalue weighted by atomic mass is 9.87. The van der Waals surface area contributed by atoms with E-state index >= 15 is 0 Å². The summed E-state index contributed by atoms with van der Waals surface area (Å²) < 4.78 is 2.10. The molecule has 1 aliphatic rings. The lowest BCUT2D eigenvalue weighted by Crippen LogP contribution is -2.22. The standard InChI is InChI=1S/C33H36N6.C2H5NS/c1-38(22-20-24-9-4-2-5-10-24)23-25-14-16-27(17-15-25)39-32(28-13-8-21-35-31(28)34)37-30-19-18-29(36-33(30)39)26-11-6-3-7-12-26;1-2-4-3/h3,6-8,11-19,21,24H,2,4-5,9-10,20,22-23H2,1H3,(H2,34,35);2H,1,3H2. The van der Waals surface area contributed by atoms with Gasteiger partial charge in [-0.05, 0) is 73.3 Å². The summed E-state index contributed by atoms with van der Waals surface area (Å²) in [5.41, 5.74) is 13.0. The van der Waals surface area contributed by atoms with E-state index in [0.717, 1.165) is 70.5 Å². The van der Waals surface area contributed by atoms with Crippen molar-refractivity contribution in [2.45, 2.75) is 45.1 Å². The summed E-state index contributed by atoms with van der Waals surface area (Å²) in [6, 6.07) is 26.9. The van der Waals surface area contributed by atoms with Crippen molar-refractivity contribution in [3.05, 3.63) is 103 Å². The van der Waals surface area contributed by atoms with E-state index in [2.05, 4.69) is 64.5 Å². The van der Waals surface area contributed by atoms with Crippen molar-refractivity contribution in [2.24, 2.45) is 11.1 Å². The van der Waals surface area contributed by atoms with Gasteiger partial charge in [-0.2, -0.15) is 0 Å². The van der Waals surface area contributed by atoms with Crippen molar-refractivity contribution in [3.8, 4) is 28.3 Å². The van der Waals surface area contributed by atoms with E-state index in [0.29, 0.717) is 5.82 Å². The van der Waals surface area contributed by atoms with Crippen molar-refractivity contribution in [1.29, 1.82) is 0 Å². The van der Waals surface area contributed by atoms with E-state index in [1.54, 1.807) is 11.6 Å². The fourth-order valence-corrected chi connectivity index (χ4v) is 5.78. The number of aromatic nitrogens is 4. The molecule has 0 amide bonds. The summed E-state index contributed by atoms with van der Waals surface area (Å²) in [6.45, 7) is 5.41. The van der Waals surface area contributed by atoms with Crippen LogP contribution in [0.3, 0.4) is 0 Å². The highest BCUT2D eigenvalue weighted by Gasteiger charge is 2.19. The third-order valence-corrected chi connectivity index (χ3v) is 8.23. The van der Waals surface area contributed by atoms with Crippen LogP contribution in [-0.2, 0) is 6.54 Å². The number of anilines is 1. The number of nitrogens with zero attached hydrogens (tertiary/aromatic N) is 5. The molecule has 1 aliphatic carbocycles. The molecule has 5 aromatic rings. The van der Waals surface area contributed by atoms with Crippen LogP contribution in [-0.4, -0.2) is 38.0 Å². The molecule has 7 nitrogen and oxygen atoms in total. The Bertz CT molecular complexity index is 1610. The van der Waals surface area contributed by atoms with Crippen molar-refractivity contribution < 1.29 is 0 Å². The molecule has 3 heterocycles. The number of nitrogen functional groups attached to an aromatic ring is 1. The molecule has 0 atom stereocenters. The maximum Gasteiger partial charge on any atom is 0.165 e. The minimum absolute atomic E-state index is 0.452. The molecule has 0 radical (unpaired) electrons. The van der Waals surface area contributed by atoms with Gasteiger partial charge in [0.15, 0.2) is 11.5 Å². The maximum absolute atomic E-state index is 6.31. The second-order valence-electron chi connectivity index (χ2n) is 11.1. The fraction of sp³-hybridized carbons (Fsp3) is 0.286. The van der Waals surface area contributed by atoms with E-state index in [9.17, 15) is 0 Å². The molecule has 0 aliphatic heterocycles. The molecule has 222 valence electrons. The van der Waals surface area contributed by atoms with Gasteiger partial charge >= 0.3 is 0 Å². The lowest BCUT2D eigenvalue weighted by Gasteiger charge is -2.24. The molecular weight excluding hydrogens is 551 g/mol. The first kappa shape index (κ1) is 30.5. The summed E-state index contributed by atoms with van der Waals surface area (Å²) in [7, 11) is 2.23. The highest BCUT2D eigenvalue weighted by molar-refractivity contribution is 7.99. The molecule has 6 rings (SSSR count). The number of pyridine rings is 2. The number of nitrogens with two attached hydrogens (primary N) is 2. The SMILES string of the molecule is C=CSN.CN(CCC1CCCCC1)Cc1ccc(-n2c(-c3cccnc3N)nc3ccc(-c4ccccc4)nc32)cc1. The Balaban J connectivity index is 0.000000868. The van der Waals surface area contributed by atoms with Crippen molar-refractivity contribution in [2.75, 3.05) is 19.3 Å². The van der Waals surface area contributed by atoms with Gasteiger partial charge in [0, 0.05) is 24.0 Å². The van der Waals surface area contributed by atoms with Crippen molar-refractivity contribution >= 4 is 28.9 Å². The molecule has 0 saturated heterocycles. The Morgan fingerprint density at radius 1 is 0.953 bits per heavy atom. The zero-order valence-electron chi connectivity index (χ0n) is 24.9. The van der Waals surface area contributed by atoms with Gasteiger partial charge in [0.25, 0.3) is 0 Å². The van der Waals surface area contributed by atoms with Crippen LogP contribution in [0.4, 0.5) is 5.82 Å². The van der Waals surface area contributed by atoms with Crippen LogP contribution < -0.4 is 10.9 Å². The first-order valence-electron chi connectivity index (χ1n) is 15.0. The third kappa shape index (κ3) is 7.70. The van der Waals surface area contributed by atoms with Crippen LogP contribution in [0.15, 0.2) is 97.0 Å². The van der Waals surface area contributed by atoms with E-state index in [1.807, 2.05) is 42.5 Å². The van der Waals surface area contributed by atoms with Gasteiger partial charge in [0.2, 0.25) is 0 Å². The molecule has 2 aromatic carbocycles. The summed E-state index contributed by atoms with van der Waals surface area (Å²) in [4.78, 5) is 16.8. The number of fused-ring (bicyclic) bond motifs is 1. The summed E-state index contributed by atoms with van der Waals surface area (Å²) >= 11 is 1.12. The van der Waals surface area contributed by atoms with Crippen molar-refractivity contribution in [1.82, 2.24) is 24.4 Å². The molecule has 4 N–H and O–H groups in total. The average Bonchev–Trinajstić information content (AvgIpc) is 3.44. The van der Waals surface area contributed by atoms with Gasteiger partial charge in [0.05, 0.1) is 11.3 Å². The van der Waals surface area contributed by atoms with E-state index in [4.69, 9.17) is 20.8 Å². The Morgan fingerprint density at radius 2 is 1.70 bits per heavy atom. The van der Waals surface area contributed by atoms with Crippen LogP contribution >= 0.6 is 11.9 Å². The molecule has 3 aromatic heterocycles. The topological polar surface area (TPSA) is 98.9 Å². The largest absolute Gasteiger partial charge is 0.383 e. The average molecular weight is 592 g/mol. The second-order valence-corrected chi connectivity index (χ2v) is 11.7. The molecule has 8 heteroatoms. The van der Waals surface area contributed by atoms with Gasteiger partial charge in [-0.25, -0.2) is 15.0 Å². The predicted octanol–water partition coefficient (Wildman–Crippen LogP) is 7.87. The highest BCUT2D eigenvalue weighted by Crippen LogP contribution is 2.32. The van der Waals surface area contributed by atoms with Gasteiger partial charge < -0.3 is 10.6 Å². The van der Waals surface area contributed by atoms with Crippen molar-refractivity contribution in [3.63, 3.8) is 0 Å². The molecule has 1 saturated carbocycles. The highest BCUT2D eigenvalue weighted by atomic mass is 32.2. The Morgan fingerprint density at radius 3 is 2.40 bits per heavy atom. The normalized spacial score (nSPS) is 13.6. The van der Waals surface area contributed by atoms with Crippen LogP contribution in [0.2, 0.25) is 0 Å². The first-order valence-corrected chi connectivity index (χ1v) is 15.9. The quantitative estimate of drug-likeness (QED) is 0.168. The maximum atomic E-state index is 6.31. The minimum Gasteiger partial charge on any atom is -0.383 e. The number of hydrogen-bond acceptors (Lipinski definition) is 7. The summed E-state index contributed by atoms with van der Waals surface area (Å²) in [5.74, 6) is 2.10. The van der Waals surface area contributed by atoms with Gasteiger partial charge in [-0.15, -0.1) is 0 Å². The smallest absolute Gasteiger partial charge is 0.165 e. The Kier molecular flexibility index (Phi) is 10.6. The second kappa shape index (κ2) is 15.0. The Labute approximate surface area is 259 Å².